The van der Waals surface area contributed by atoms with Crippen molar-refractivity contribution in [3.05, 3.63) is 22.2 Å². The zero-order valence-electron chi connectivity index (χ0n) is 10.5. The summed E-state index contributed by atoms with van der Waals surface area (Å²) in [5.74, 6) is 1.21. The Labute approximate surface area is 111 Å². The lowest BCUT2D eigenvalue weighted by atomic mass is 9.98. The standard InChI is InChI=1S/C13H20BrNO2/c1-8(2)4-5-11(15)9-6-10(14)13(16)12(7-9)17-3/h6-8,11,16H,4-5,15H2,1-3H3/t11-/m1/s1. The van der Waals surface area contributed by atoms with Crippen LogP contribution >= 0.6 is 15.9 Å². The Morgan fingerprint density at radius 3 is 2.53 bits per heavy atom. The van der Waals surface area contributed by atoms with Gasteiger partial charge in [0.1, 0.15) is 0 Å². The molecular formula is C13H20BrNO2. The Morgan fingerprint density at radius 1 is 1.35 bits per heavy atom. The average Bonchev–Trinajstić information content (AvgIpc) is 2.29. The number of phenolic OH excluding ortho intramolecular Hbond substituents is 1. The monoisotopic (exact) mass is 301 g/mol. The number of rotatable bonds is 5. The van der Waals surface area contributed by atoms with Crippen LogP contribution in [0.5, 0.6) is 11.5 Å². The van der Waals surface area contributed by atoms with Crippen LogP contribution in [-0.4, -0.2) is 12.2 Å². The van der Waals surface area contributed by atoms with Crippen molar-refractivity contribution in [3.63, 3.8) is 0 Å². The van der Waals surface area contributed by atoms with E-state index in [1.807, 2.05) is 6.07 Å². The van der Waals surface area contributed by atoms with Crippen LogP contribution in [0.15, 0.2) is 16.6 Å². The summed E-state index contributed by atoms with van der Waals surface area (Å²) in [5.41, 5.74) is 7.11. The van der Waals surface area contributed by atoms with Gasteiger partial charge in [-0.2, -0.15) is 0 Å². The molecule has 0 unspecified atom stereocenters. The summed E-state index contributed by atoms with van der Waals surface area (Å²) in [7, 11) is 1.53. The van der Waals surface area contributed by atoms with Gasteiger partial charge in [-0.3, -0.25) is 0 Å². The summed E-state index contributed by atoms with van der Waals surface area (Å²) in [4.78, 5) is 0. The van der Waals surface area contributed by atoms with Gasteiger partial charge >= 0.3 is 0 Å². The van der Waals surface area contributed by atoms with E-state index in [-0.39, 0.29) is 11.8 Å². The first kappa shape index (κ1) is 14.3. The van der Waals surface area contributed by atoms with Crippen LogP contribution in [0.3, 0.4) is 0 Å². The van der Waals surface area contributed by atoms with E-state index in [1.165, 1.54) is 7.11 Å². The molecule has 1 aromatic carbocycles. The molecule has 17 heavy (non-hydrogen) atoms. The van der Waals surface area contributed by atoms with Crippen molar-refractivity contribution in [1.82, 2.24) is 0 Å². The van der Waals surface area contributed by atoms with E-state index in [0.29, 0.717) is 16.1 Å². The molecule has 0 amide bonds. The van der Waals surface area contributed by atoms with Crippen LogP contribution < -0.4 is 10.5 Å². The second-order valence-corrected chi connectivity index (χ2v) is 5.49. The molecule has 0 fully saturated rings. The van der Waals surface area contributed by atoms with E-state index in [2.05, 4.69) is 29.8 Å². The minimum absolute atomic E-state index is 0.0248. The van der Waals surface area contributed by atoms with Gasteiger partial charge in [0.2, 0.25) is 0 Å². The lowest BCUT2D eigenvalue weighted by Crippen LogP contribution is -2.11. The van der Waals surface area contributed by atoms with Crippen molar-refractivity contribution in [1.29, 1.82) is 0 Å². The summed E-state index contributed by atoms with van der Waals surface area (Å²) in [6.07, 6.45) is 2.01. The third kappa shape index (κ3) is 3.89. The summed E-state index contributed by atoms with van der Waals surface area (Å²) in [6, 6.07) is 3.62. The van der Waals surface area contributed by atoms with Gasteiger partial charge in [-0.05, 0) is 52.4 Å². The summed E-state index contributed by atoms with van der Waals surface area (Å²) in [5, 5.41) is 9.71. The lowest BCUT2D eigenvalue weighted by molar-refractivity contribution is 0.370. The second-order valence-electron chi connectivity index (χ2n) is 4.63. The molecule has 0 aliphatic heterocycles. The Hall–Kier alpha value is -0.740. The van der Waals surface area contributed by atoms with Crippen LogP contribution in [0.25, 0.3) is 0 Å². The minimum Gasteiger partial charge on any atom is -0.503 e. The maximum atomic E-state index is 9.71. The number of nitrogens with two attached hydrogens (primary N) is 1. The molecule has 3 N–H and O–H groups in total. The highest BCUT2D eigenvalue weighted by Crippen LogP contribution is 2.37. The maximum Gasteiger partial charge on any atom is 0.172 e. The fraction of sp³-hybridized carbons (Fsp3) is 0.538. The van der Waals surface area contributed by atoms with Gasteiger partial charge < -0.3 is 15.6 Å². The Morgan fingerprint density at radius 2 is 2.00 bits per heavy atom. The predicted molar refractivity (Wildman–Crippen MR) is 73.4 cm³/mol. The van der Waals surface area contributed by atoms with Crippen molar-refractivity contribution < 1.29 is 9.84 Å². The number of phenols is 1. The number of halogens is 1. The van der Waals surface area contributed by atoms with E-state index < -0.39 is 0 Å². The molecule has 4 heteroatoms. The van der Waals surface area contributed by atoms with E-state index in [1.54, 1.807) is 6.07 Å². The van der Waals surface area contributed by atoms with Crippen molar-refractivity contribution in [2.75, 3.05) is 7.11 Å². The Kier molecular flexibility index (Phi) is 5.28. The van der Waals surface area contributed by atoms with Crippen molar-refractivity contribution >= 4 is 15.9 Å². The van der Waals surface area contributed by atoms with Crippen molar-refractivity contribution in [2.24, 2.45) is 11.7 Å². The molecule has 0 saturated carbocycles. The minimum atomic E-state index is -0.0248. The zero-order valence-corrected chi connectivity index (χ0v) is 12.1. The Bertz CT molecular complexity index is 380. The van der Waals surface area contributed by atoms with Gasteiger partial charge in [0.25, 0.3) is 0 Å². The first-order valence-corrected chi connectivity index (χ1v) is 6.57. The van der Waals surface area contributed by atoms with Gasteiger partial charge in [0.05, 0.1) is 11.6 Å². The van der Waals surface area contributed by atoms with Crippen LogP contribution in [0.4, 0.5) is 0 Å². The van der Waals surface area contributed by atoms with Crippen molar-refractivity contribution in [2.45, 2.75) is 32.7 Å². The number of hydrogen-bond acceptors (Lipinski definition) is 3. The molecule has 0 aliphatic carbocycles. The largest absolute Gasteiger partial charge is 0.503 e. The third-order valence-corrected chi connectivity index (χ3v) is 3.36. The molecule has 1 atom stereocenters. The molecule has 0 bridgehead atoms. The van der Waals surface area contributed by atoms with E-state index in [0.717, 1.165) is 18.4 Å². The van der Waals surface area contributed by atoms with Crippen LogP contribution in [0, 0.1) is 5.92 Å². The maximum absolute atomic E-state index is 9.71. The first-order valence-electron chi connectivity index (χ1n) is 5.77. The third-order valence-electron chi connectivity index (χ3n) is 2.75. The molecule has 0 saturated heterocycles. The quantitative estimate of drug-likeness (QED) is 0.873. The summed E-state index contributed by atoms with van der Waals surface area (Å²) >= 11 is 3.30. The normalized spacial score (nSPS) is 12.8. The molecule has 0 radical (unpaired) electrons. The van der Waals surface area contributed by atoms with Crippen molar-refractivity contribution in [3.8, 4) is 11.5 Å². The lowest BCUT2D eigenvalue weighted by Gasteiger charge is -2.16. The number of hydrogen-bond donors (Lipinski definition) is 2. The van der Waals surface area contributed by atoms with Gasteiger partial charge in [-0.15, -0.1) is 0 Å². The highest BCUT2D eigenvalue weighted by Gasteiger charge is 2.13. The molecule has 3 nitrogen and oxygen atoms in total. The summed E-state index contributed by atoms with van der Waals surface area (Å²) < 4.78 is 5.72. The molecular weight excluding hydrogens is 282 g/mol. The van der Waals surface area contributed by atoms with E-state index in [4.69, 9.17) is 10.5 Å². The molecule has 1 rings (SSSR count). The number of aromatic hydroxyl groups is 1. The summed E-state index contributed by atoms with van der Waals surface area (Å²) in [6.45, 7) is 4.36. The highest BCUT2D eigenvalue weighted by atomic mass is 79.9. The second kappa shape index (κ2) is 6.26. The molecule has 1 aromatic rings. The molecule has 96 valence electrons. The van der Waals surface area contributed by atoms with Gasteiger partial charge in [0.15, 0.2) is 11.5 Å². The molecule has 0 aromatic heterocycles. The average molecular weight is 302 g/mol. The van der Waals surface area contributed by atoms with Crippen LogP contribution in [0.1, 0.15) is 38.3 Å². The SMILES string of the molecule is COc1cc([C@H](N)CCC(C)C)cc(Br)c1O. The van der Waals surface area contributed by atoms with Gasteiger partial charge in [-0.1, -0.05) is 13.8 Å². The van der Waals surface area contributed by atoms with E-state index in [9.17, 15) is 5.11 Å². The van der Waals surface area contributed by atoms with Crippen LogP contribution in [0.2, 0.25) is 0 Å². The number of benzene rings is 1. The van der Waals surface area contributed by atoms with Crippen LogP contribution in [-0.2, 0) is 0 Å². The Balaban J connectivity index is 2.87. The predicted octanol–water partition coefficient (Wildman–Crippen LogP) is 3.60. The van der Waals surface area contributed by atoms with Gasteiger partial charge in [0, 0.05) is 6.04 Å². The van der Waals surface area contributed by atoms with Gasteiger partial charge in [-0.25, -0.2) is 0 Å². The first-order chi connectivity index (χ1) is 7.95. The number of ether oxygens (including phenoxy) is 1. The zero-order chi connectivity index (χ0) is 13.0. The fourth-order valence-corrected chi connectivity index (χ4v) is 2.10. The highest BCUT2D eigenvalue weighted by molar-refractivity contribution is 9.10. The topological polar surface area (TPSA) is 55.5 Å². The molecule has 0 heterocycles. The number of methoxy groups -OCH3 is 1. The smallest absolute Gasteiger partial charge is 0.172 e. The van der Waals surface area contributed by atoms with E-state index >= 15 is 0 Å². The molecule has 0 aliphatic rings. The molecule has 0 spiro atoms. The fourth-order valence-electron chi connectivity index (χ4n) is 1.64.